The van der Waals surface area contributed by atoms with E-state index in [9.17, 15) is 18.4 Å². The topological polar surface area (TPSA) is 76.1 Å². The molecule has 0 fully saturated rings. The number of hydrogen-bond acceptors (Lipinski definition) is 4. The highest BCUT2D eigenvalue weighted by molar-refractivity contribution is 5.96. The molecule has 1 N–H and O–H groups in total. The van der Waals surface area contributed by atoms with Gasteiger partial charge in [-0.15, -0.1) is 0 Å². The highest BCUT2D eigenvalue weighted by atomic mass is 19.3. The van der Waals surface area contributed by atoms with Crippen LogP contribution in [0, 0.1) is 0 Å². The third-order valence-electron chi connectivity index (χ3n) is 2.82. The zero-order valence-corrected chi connectivity index (χ0v) is 12.4. The number of hydrogen-bond donors (Lipinski definition) is 1. The molecule has 0 aliphatic carbocycles. The molecule has 0 saturated heterocycles. The molecule has 8 heteroatoms. The molecule has 0 atom stereocenters. The summed E-state index contributed by atoms with van der Waals surface area (Å²) in [6, 6.07) is 3.40. The number of aliphatic carboxylic acids is 1. The molecular weight excluding hydrogens is 300 g/mol. The molecule has 0 saturated carbocycles. The highest BCUT2D eigenvalue weighted by Gasteiger charge is 2.23. The van der Waals surface area contributed by atoms with Gasteiger partial charge in [0.15, 0.2) is 11.5 Å². The Bertz CT molecular complexity index is 548. The minimum absolute atomic E-state index is 0.0337. The van der Waals surface area contributed by atoms with Gasteiger partial charge in [0, 0.05) is 11.6 Å². The van der Waals surface area contributed by atoms with Gasteiger partial charge in [0.1, 0.15) is 6.54 Å². The summed E-state index contributed by atoms with van der Waals surface area (Å²) < 4.78 is 33.9. The molecule has 1 amide bonds. The van der Waals surface area contributed by atoms with E-state index in [-0.39, 0.29) is 23.1 Å². The first-order valence-corrected chi connectivity index (χ1v) is 6.41. The van der Waals surface area contributed by atoms with E-state index in [0.717, 1.165) is 11.0 Å². The third-order valence-corrected chi connectivity index (χ3v) is 2.82. The van der Waals surface area contributed by atoms with Crippen molar-refractivity contribution >= 4 is 11.9 Å². The number of halogens is 2. The van der Waals surface area contributed by atoms with Crippen LogP contribution < -0.4 is 9.47 Å². The van der Waals surface area contributed by atoms with Crippen molar-refractivity contribution in [2.75, 3.05) is 13.7 Å². The molecule has 1 aromatic carbocycles. The number of nitrogens with zero attached hydrogens (tertiary/aromatic N) is 1. The number of carbonyl (C=O) groups is 2. The number of ether oxygens (including phenoxy) is 2. The summed E-state index contributed by atoms with van der Waals surface area (Å²) >= 11 is 0. The zero-order chi connectivity index (χ0) is 16.9. The van der Waals surface area contributed by atoms with Crippen LogP contribution in [0.5, 0.6) is 11.5 Å². The van der Waals surface area contributed by atoms with Gasteiger partial charge < -0.3 is 19.5 Å². The molecule has 122 valence electrons. The van der Waals surface area contributed by atoms with Crippen molar-refractivity contribution < 1.29 is 33.0 Å². The molecule has 22 heavy (non-hydrogen) atoms. The molecule has 6 nitrogen and oxygen atoms in total. The number of amides is 1. The van der Waals surface area contributed by atoms with E-state index in [0.29, 0.717) is 0 Å². The fourth-order valence-electron chi connectivity index (χ4n) is 1.80. The van der Waals surface area contributed by atoms with Crippen LogP contribution in [0.2, 0.25) is 0 Å². The van der Waals surface area contributed by atoms with Crippen LogP contribution in [0.25, 0.3) is 0 Å². The summed E-state index contributed by atoms with van der Waals surface area (Å²) in [7, 11) is 1.28. The van der Waals surface area contributed by atoms with Gasteiger partial charge in [-0.1, -0.05) is 0 Å². The molecule has 0 spiro atoms. The molecule has 0 bridgehead atoms. The van der Waals surface area contributed by atoms with E-state index in [1.54, 1.807) is 13.8 Å². The fourth-order valence-corrected chi connectivity index (χ4v) is 1.80. The van der Waals surface area contributed by atoms with E-state index in [1.807, 2.05) is 0 Å². The summed E-state index contributed by atoms with van der Waals surface area (Å²) in [5.41, 5.74) is 0.0337. The molecule has 0 aliphatic heterocycles. The maximum Gasteiger partial charge on any atom is 0.387 e. The molecule has 0 aromatic heterocycles. The first-order chi connectivity index (χ1) is 10.3. The van der Waals surface area contributed by atoms with E-state index >= 15 is 0 Å². The van der Waals surface area contributed by atoms with Gasteiger partial charge in [0.2, 0.25) is 0 Å². The first-order valence-electron chi connectivity index (χ1n) is 6.41. The molecule has 0 aliphatic rings. The molecule has 1 aromatic rings. The second kappa shape index (κ2) is 7.58. The number of carbonyl (C=O) groups excluding carboxylic acids is 1. The average molecular weight is 317 g/mol. The standard InChI is InChI=1S/C14H17F2NO5/c1-8(2)17(7-12(18)19)13(20)9-4-5-10(21-3)11(6-9)22-14(15)16/h4-6,8,14H,7H2,1-3H3,(H,18,19). The lowest BCUT2D eigenvalue weighted by Gasteiger charge is -2.25. The van der Waals surface area contributed by atoms with E-state index < -0.39 is 25.0 Å². The van der Waals surface area contributed by atoms with Crippen LogP contribution in [0.4, 0.5) is 8.78 Å². The van der Waals surface area contributed by atoms with Crippen LogP contribution in [0.1, 0.15) is 24.2 Å². The molecular formula is C14H17F2NO5. The van der Waals surface area contributed by atoms with E-state index in [4.69, 9.17) is 9.84 Å². The molecule has 0 unspecified atom stereocenters. The Morgan fingerprint density at radius 1 is 1.27 bits per heavy atom. The Kier molecular flexibility index (Phi) is 6.09. The number of carboxylic acid groups (broad SMARTS) is 1. The Hall–Kier alpha value is -2.38. The van der Waals surface area contributed by atoms with Crippen molar-refractivity contribution in [3.05, 3.63) is 23.8 Å². The zero-order valence-electron chi connectivity index (χ0n) is 12.4. The van der Waals surface area contributed by atoms with Gasteiger partial charge in [-0.25, -0.2) is 0 Å². The van der Waals surface area contributed by atoms with E-state index in [1.165, 1.54) is 19.2 Å². The second-order valence-corrected chi connectivity index (χ2v) is 4.66. The van der Waals surface area contributed by atoms with Crippen molar-refractivity contribution in [3.8, 4) is 11.5 Å². The predicted octanol–water partition coefficient (Wildman–Crippen LogP) is 2.23. The Morgan fingerprint density at radius 3 is 2.36 bits per heavy atom. The lowest BCUT2D eigenvalue weighted by molar-refractivity contribution is -0.138. The number of benzene rings is 1. The highest BCUT2D eigenvalue weighted by Crippen LogP contribution is 2.30. The summed E-state index contributed by atoms with van der Waals surface area (Å²) in [6.45, 7) is -0.255. The Labute approximate surface area is 126 Å². The largest absolute Gasteiger partial charge is 0.493 e. The minimum atomic E-state index is -3.07. The van der Waals surface area contributed by atoms with Crippen LogP contribution >= 0.6 is 0 Å². The van der Waals surface area contributed by atoms with Crippen molar-refractivity contribution in [2.24, 2.45) is 0 Å². The van der Waals surface area contributed by atoms with Crippen molar-refractivity contribution in [3.63, 3.8) is 0 Å². The average Bonchev–Trinajstić information content (AvgIpc) is 2.42. The maximum atomic E-state index is 12.4. The quantitative estimate of drug-likeness (QED) is 0.834. The van der Waals surface area contributed by atoms with Crippen LogP contribution in [0.15, 0.2) is 18.2 Å². The van der Waals surface area contributed by atoms with Crippen molar-refractivity contribution in [1.82, 2.24) is 4.90 Å². The predicted molar refractivity (Wildman–Crippen MR) is 73.4 cm³/mol. The summed E-state index contributed by atoms with van der Waals surface area (Å²) in [5, 5.41) is 8.85. The van der Waals surface area contributed by atoms with Crippen LogP contribution in [-0.2, 0) is 4.79 Å². The maximum absolute atomic E-state index is 12.4. The SMILES string of the molecule is COc1ccc(C(=O)N(CC(=O)O)C(C)C)cc1OC(F)F. The summed E-state index contributed by atoms with van der Waals surface area (Å²) in [6.07, 6.45) is 0. The van der Waals surface area contributed by atoms with Crippen LogP contribution in [0.3, 0.4) is 0 Å². The van der Waals surface area contributed by atoms with Gasteiger partial charge in [-0.05, 0) is 32.0 Å². The van der Waals surface area contributed by atoms with E-state index in [2.05, 4.69) is 4.74 Å². The lowest BCUT2D eigenvalue weighted by atomic mass is 10.1. The number of carboxylic acids is 1. The fraction of sp³-hybridized carbons (Fsp3) is 0.429. The lowest BCUT2D eigenvalue weighted by Crippen LogP contribution is -2.40. The monoisotopic (exact) mass is 317 g/mol. The van der Waals surface area contributed by atoms with Crippen molar-refractivity contribution in [2.45, 2.75) is 26.5 Å². The van der Waals surface area contributed by atoms with Gasteiger partial charge in [0.05, 0.1) is 7.11 Å². The van der Waals surface area contributed by atoms with Gasteiger partial charge in [-0.2, -0.15) is 8.78 Å². The normalized spacial score (nSPS) is 10.7. The van der Waals surface area contributed by atoms with Gasteiger partial charge in [0.25, 0.3) is 5.91 Å². The third kappa shape index (κ3) is 4.57. The number of rotatable bonds is 7. The summed E-state index contributed by atoms with van der Waals surface area (Å²) in [4.78, 5) is 24.3. The van der Waals surface area contributed by atoms with Gasteiger partial charge in [-0.3, -0.25) is 9.59 Å². The smallest absolute Gasteiger partial charge is 0.387 e. The van der Waals surface area contributed by atoms with Gasteiger partial charge >= 0.3 is 12.6 Å². The first kappa shape index (κ1) is 17.7. The Morgan fingerprint density at radius 2 is 1.91 bits per heavy atom. The number of alkyl halides is 2. The molecule has 0 heterocycles. The summed E-state index contributed by atoms with van der Waals surface area (Å²) in [5.74, 6) is -2.01. The number of methoxy groups -OCH3 is 1. The van der Waals surface area contributed by atoms with Crippen molar-refractivity contribution in [1.29, 1.82) is 0 Å². The second-order valence-electron chi connectivity index (χ2n) is 4.66. The van der Waals surface area contributed by atoms with Crippen LogP contribution in [-0.4, -0.2) is 48.2 Å². The molecule has 1 rings (SSSR count). The Balaban J connectivity index is 3.13. The minimum Gasteiger partial charge on any atom is -0.493 e. The molecule has 0 radical (unpaired) electrons.